The lowest BCUT2D eigenvalue weighted by atomic mass is 9.98. The van der Waals surface area contributed by atoms with Crippen LogP contribution in [0.2, 0.25) is 0 Å². The average Bonchev–Trinajstić information content (AvgIpc) is 3.59. The first-order chi connectivity index (χ1) is 19.9. The molecule has 226 valence electrons. The summed E-state index contributed by atoms with van der Waals surface area (Å²) in [5.74, 6) is -1.89. The van der Waals surface area contributed by atoms with Crippen molar-refractivity contribution in [2.45, 2.75) is 107 Å². The van der Waals surface area contributed by atoms with Crippen LogP contribution in [0.4, 0.5) is 5.82 Å². The van der Waals surface area contributed by atoms with Gasteiger partial charge < -0.3 is 44.7 Å². The van der Waals surface area contributed by atoms with E-state index in [-0.39, 0.29) is 31.1 Å². The Morgan fingerprint density at radius 1 is 0.976 bits per heavy atom. The number of imidazole rings is 1. The Labute approximate surface area is 237 Å². The summed E-state index contributed by atoms with van der Waals surface area (Å²) in [6.07, 6.45) is 8.42. The predicted octanol–water partition coefficient (Wildman–Crippen LogP) is 2.93. The van der Waals surface area contributed by atoms with E-state index in [1.165, 1.54) is 12.7 Å². The van der Waals surface area contributed by atoms with Gasteiger partial charge in [0.25, 0.3) is 0 Å². The fourth-order valence-corrected chi connectivity index (χ4v) is 5.64. The fourth-order valence-electron chi connectivity index (χ4n) is 5.64. The van der Waals surface area contributed by atoms with Crippen LogP contribution in [0, 0.1) is 0 Å². The van der Waals surface area contributed by atoms with Gasteiger partial charge in [-0.3, -0.25) is 4.57 Å². The molecule has 14 heteroatoms. The van der Waals surface area contributed by atoms with Gasteiger partial charge in [-0.25, -0.2) is 19.7 Å². The fraction of sp³-hybridized carbons (Fsp3) is 0.704. The first kappa shape index (κ1) is 29.1. The Kier molecular flexibility index (Phi) is 9.62. The Morgan fingerprint density at radius 2 is 1.63 bits per heavy atom. The molecular weight excluding hydrogens is 538 g/mol. The molecule has 0 spiro atoms. The number of aromatic nitrogens is 4. The van der Waals surface area contributed by atoms with Gasteiger partial charge in [-0.05, 0) is 51.4 Å². The van der Waals surface area contributed by atoms with Crippen molar-refractivity contribution in [3.8, 4) is 0 Å². The predicted molar refractivity (Wildman–Crippen MR) is 143 cm³/mol. The summed E-state index contributed by atoms with van der Waals surface area (Å²) < 4.78 is 30.4. The summed E-state index contributed by atoms with van der Waals surface area (Å²) in [4.78, 5) is 25.2. The van der Waals surface area contributed by atoms with Crippen LogP contribution in [-0.4, -0.2) is 84.5 Å². The van der Waals surface area contributed by atoms with E-state index < -0.39 is 49.0 Å². The number of carbonyl (C=O) groups is 1. The van der Waals surface area contributed by atoms with Crippen molar-refractivity contribution in [3.05, 3.63) is 24.5 Å². The lowest BCUT2D eigenvalue weighted by Gasteiger charge is -2.25. The zero-order chi connectivity index (χ0) is 28.8. The molecule has 1 aliphatic heterocycles. The van der Waals surface area contributed by atoms with E-state index in [0.29, 0.717) is 11.2 Å². The van der Waals surface area contributed by atoms with Crippen molar-refractivity contribution in [3.63, 3.8) is 0 Å². The molecule has 2 aliphatic carbocycles. The molecule has 0 bridgehead atoms. The number of nitrogens with zero attached hydrogens (tertiary/aromatic N) is 4. The maximum atomic E-state index is 12.7. The number of ether oxygens (including phenoxy) is 5. The Balaban J connectivity index is 1.28. The molecule has 3 heterocycles. The van der Waals surface area contributed by atoms with Crippen LogP contribution in [0.5, 0.6) is 0 Å². The number of fused-ring (bicyclic) bond motifs is 1. The molecule has 4 atom stereocenters. The van der Waals surface area contributed by atoms with E-state index in [0.717, 1.165) is 64.2 Å². The maximum Gasteiger partial charge on any atom is 0.361 e. The number of anilines is 1. The number of nitrogen functional groups attached to an aromatic ring is 1. The van der Waals surface area contributed by atoms with Gasteiger partial charge in [-0.1, -0.05) is 12.8 Å². The molecular formula is C27H39N5O9. The molecule has 2 aromatic rings. The minimum Gasteiger partial charge on any atom is -0.476 e. The average molecular weight is 578 g/mol. The van der Waals surface area contributed by atoms with Crippen molar-refractivity contribution in [2.24, 2.45) is 0 Å². The molecule has 3 aliphatic rings. The van der Waals surface area contributed by atoms with Gasteiger partial charge in [0.05, 0.1) is 19.5 Å². The number of nitrogens with two attached hydrogens (primary N) is 1. The first-order valence-electron chi connectivity index (χ1n) is 14.4. The van der Waals surface area contributed by atoms with E-state index in [9.17, 15) is 20.1 Å². The number of rotatable bonds is 11. The second-order valence-electron chi connectivity index (χ2n) is 10.8. The highest BCUT2D eigenvalue weighted by atomic mass is 16.7. The summed E-state index contributed by atoms with van der Waals surface area (Å²) in [7, 11) is 0. The number of aliphatic hydroxyl groups is 3. The standard InChI is InChI=1S/C27H39N5O9/c28-23-22-24(30-14-29-23)32(15-31-22)21-11-18(41-27(36)26(35)39-17-9-5-2-6-10-17)20(40-21)13-37-19(12-33)25(34)38-16-7-3-1-4-8-16/h14-21,33,35-36H,1-13H2,(H2,28,29,30)/b27-26+/t18-,19?,20+,21+/m0/s1. The number of carbonyl (C=O) groups excluding carboxylic acids is 1. The van der Waals surface area contributed by atoms with Gasteiger partial charge in [0, 0.05) is 6.42 Å². The molecule has 5 N–H and O–H groups in total. The minimum absolute atomic E-state index is 0.173. The highest BCUT2D eigenvalue weighted by molar-refractivity contribution is 5.81. The quantitative estimate of drug-likeness (QED) is 0.225. The topological polar surface area (TPSA) is 194 Å². The van der Waals surface area contributed by atoms with Crippen molar-refractivity contribution in [1.29, 1.82) is 0 Å². The van der Waals surface area contributed by atoms with Gasteiger partial charge in [-0.15, -0.1) is 0 Å². The van der Waals surface area contributed by atoms with Crippen LogP contribution in [-0.2, 0) is 28.5 Å². The maximum absolute atomic E-state index is 12.7. The minimum atomic E-state index is -1.21. The third-order valence-electron chi connectivity index (χ3n) is 7.88. The second kappa shape index (κ2) is 13.5. The number of esters is 1. The summed E-state index contributed by atoms with van der Waals surface area (Å²) in [6, 6.07) is 0. The van der Waals surface area contributed by atoms with Crippen molar-refractivity contribution < 1.29 is 43.8 Å². The van der Waals surface area contributed by atoms with Gasteiger partial charge >= 0.3 is 17.9 Å². The van der Waals surface area contributed by atoms with Crippen molar-refractivity contribution in [2.75, 3.05) is 18.9 Å². The third-order valence-corrected chi connectivity index (χ3v) is 7.88. The molecule has 0 radical (unpaired) electrons. The van der Waals surface area contributed by atoms with E-state index in [2.05, 4.69) is 15.0 Å². The summed E-state index contributed by atoms with van der Waals surface area (Å²) in [5, 5.41) is 30.8. The van der Waals surface area contributed by atoms with Crippen LogP contribution >= 0.6 is 0 Å². The molecule has 0 aromatic carbocycles. The normalized spacial score (nSPS) is 25.5. The van der Waals surface area contributed by atoms with Gasteiger partial charge in [0.2, 0.25) is 0 Å². The van der Waals surface area contributed by atoms with E-state index >= 15 is 0 Å². The first-order valence-corrected chi connectivity index (χ1v) is 14.4. The molecule has 1 saturated heterocycles. The zero-order valence-electron chi connectivity index (χ0n) is 23.0. The Morgan fingerprint density at radius 3 is 2.32 bits per heavy atom. The third kappa shape index (κ3) is 7.11. The second-order valence-corrected chi connectivity index (χ2v) is 10.8. The molecule has 1 unspecified atom stereocenters. The number of hydrogen-bond donors (Lipinski definition) is 4. The molecule has 3 fully saturated rings. The Hall–Kier alpha value is -3.36. The Bertz CT molecular complexity index is 1200. The summed E-state index contributed by atoms with van der Waals surface area (Å²) in [6.45, 7) is -0.746. The van der Waals surface area contributed by atoms with E-state index in [1.54, 1.807) is 4.57 Å². The van der Waals surface area contributed by atoms with Crippen LogP contribution in [0.25, 0.3) is 11.2 Å². The lowest BCUT2D eigenvalue weighted by molar-refractivity contribution is -0.171. The van der Waals surface area contributed by atoms with Crippen molar-refractivity contribution >= 4 is 23.0 Å². The van der Waals surface area contributed by atoms with Gasteiger partial charge in [-0.2, -0.15) is 0 Å². The smallest absolute Gasteiger partial charge is 0.361 e. The number of hydrogen-bond acceptors (Lipinski definition) is 13. The molecule has 2 saturated carbocycles. The molecule has 0 amide bonds. The largest absolute Gasteiger partial charge is 0.476 e. The molecule has 14 nitrogen and oxygen atoms in total. The van der Waals surface area contributed by atoms with E-state index in [1.807, 2.05) is 0 Å². The van der Waals surface area contributed by atoms with Gasteiger partial charge in [0.15, 0.2) is 17.6 Å². The summed E-state index contributed by atoms with van der Waals surface area (Å²) in [5.41, 5.74) is 6.77. The SMILES string of the molecule is Nc1ncnc2c1ncn2[C@H]1C[C@H](O/C(O)=C(\O)OC2CCCCC2)[C@@H](COC(CO)C(=O)OC2CCCCC2)O1. The van der Waals surface area contributed by atoms with Crippen LogP contribution in [0.1, 0.15) is 76.9 Å². The molecule has 5 rings (SSSR count). The molecule has 2 aromatic heterocycles. The summed E-state index contributed by atoms with van der Waals surface area (Å²) >= 11 is 0. The number of aliphatic hydroxyl groups excluding tert-OH is 3. The zero-order valence-corrected chi connectivity index (χ0v) is 23.0. The lowest BCUT2D eigenvalue weighted by Crippen LogP contribution is -2.38. The molecule has 41 heavy (non-hydrogen) atoms. The monoisotopic (exact) mass is 577 g/mol. The van der Waals surface area contributed by atoms with Crippen LogP contribution in [0.15, 0.2) is 24.5 Å². The van der Waals surface area contributed by atoms with E-state index in [4.69, 9.17) is 29.4 Å². The van der Waals surface area contributed by atoms with Crippen LogP contribution in [0.3, 0.4) is 0 Å². The highest BCUT2D eigenvalue weighted by Gasteiger charge is 2.41. The van der Waals surface area contributed by atoms with Crippen LogP contribution < -0.4 is 5.73 Å². The van der Waals surface area contributed by atoms with Gasteiger partial charge in [0.1, 0.15) is 42.5 Å². The van der Waals surface area contributed by atoms with Crippen molar-refractivity contribution in [1.82, 2.24) is 19.5 Å². The highest BCUT2D eigenvalue weighted by Crippen LogP contribution is 2.35.